The molecule has 3 N–H and O–H groups in total. The van der Waals surface area contributed by atoms with Gasteiger partial charge in [0.2, 0.25) is 5.91 Å². The zero-order valence-electron chi connectivity index (χ0n) is 15.7. The largest absolute Gasteiger partial charge is 0.379 e. The third kappa shape index (κ3) is 5.17. The fourth-order valence-electron chi connectivity index (χ4n) is 3.56. The number of ether oxygens (including phenoxy) is 2. The summed E-state index contributed by atoms with van der Waals surface area (Å²) in [5, 5.41) is 3.06. The van der Waals surface area contributed by atoms with Crippen LogP contribution in [-0.2, 0) is 20.9 Å². The summed E-state index contributed by atoms with van der Waals surface area (Å²) in [6.07, 6.45) is 5.23. The lowest BCUT2D eigenvalue weighted by atomic mass is 9.83. The molecule has 27 heavy (non-hydrogen) atoms. The number of hydrogen-bond donors (Lipinski definition) is 2. The third-order valence-electron chi connectivity index (χ3n) is 5.18. The van der Waals surface area contributed by atoms with Crippen molar-refractivity contribution < 1.29 is 19.1 Å². The van der Waals surface area contributed by atoms with E-state index in [1.807, 2.05) is 18.2 Å². The molecule has 2 amide bonds. The molecule has 1 heterocycles. The number of benzene rings is 1. The topological polar surface area (TPSA) is 90.7 Å². The molecule has 1 aromatic carbocycles. The second kappa shape index (κ2) is 9.67. The fourth-order valence-corrected chi connectivity index (χ4v) is 3.56. The Morgan fingerprint density at radius 2 is 1.81 bits per heavy atom. The first-order valence-electron chi connectivity index (χ1n) is 9.73. The summed E-state index contributed by atoms with van der Waals surface area (Å²) >= 11 is 0. The molecule has 0 bridgehead atoms. The normalized spacial score (nSPS) is 22.0. The van der Waals surface area contributed by atoms with E-state index in [-0.39, 0.29) is 11.9 Å². The van der Waals surface area contributed by atoms with E-state index < -0.39 is 5.91 Å². The quantitative estimate of drug-likeness (QED) is 0.780. The summed E-state index contributed by atoms with van der Waals surface area (Å²) in [4.78, 5) is 25.1. The number of nitrogens with two attached hydrogens (primary N) is 1. The van der Waals surface area contributed by atoms with Crippen LogP contribution in [0.1, 0.15) is 54.4 Å². The maximum atomic E-state index is 13.0. The van der Waals surface area contributed by atoms with Gasteiger partial charge in [-0.15, -0.1) is 0 Å². The molecule has 1 atom stereocenters. The minimum absolute atomic E-state index is 0.189. The van der Waals surface area contributed by atoms with Crippen LogP contribution < -0.4 is 11.1 Å². The summed E-state index contributed by atoms with van der Waals surface area (Å²) in [6, 6.07) is 7.03. The number of hydrogen-bond acceptors (Lipinski definition) is 4. The predicted molar refractivity (Wildman–Crippen MR) is 102 cm³/mol. The van der Waals surface area contributed by atoms with Gasteiger partial charge in [-0.1, -0.05) is 23.8 Å². The van der Waals surface area contributed by atoms with Crippen molar-refractivity contribution >= 4 is 11.8 Å². The molecule has 3 rings (SSSR count). The van der Waals surface area contributed by atoms with Gasteiger partial charge in [-0.3, -0.25) is 9.59 Å². The number of rotatable bonds is 2. The van der Waals surface area contributed by atoms with E-state index in [1.54, 1.807) is 6.07 Å². The number of nitrogens with one attached hydrogen (secondary N) is 1. The number of allylic oxidation sites excluding steroid dienone is 1. The van der Waals surface area contributed by atoms with E-state index >= 15 is 0 Å². The van der Waals surface area contributed by atoms with Crippen molar-refractivity contribution in [2.45, 2.75) is 51.2 Å². The summed E-state index contributed by atoms with van der Waals surface area (Å²) in [6.45, 7) is 2.02. The second-order valence-electron chi connectivity index (χ2n) is 7.08. The molecule has 1 aliphatic carbocycles. The Labute approximate surface area is 160 Å². The molecule has 1 saturated carbocycles. The molecular formula is C21H28N2O4. The molecule has 0 unspecified atom stereocenters. The van der Waals surface area contributed by atoms with Gasteiger partial charge in [0.1, 0.15) is 0 Å². The Bertz CT molecular complexity index is 708. The standard InChI is InChI=1S/C21H28N2O4/c22-20(24)19(15-7-5-8-15)18-10-3-4-11-26-12-13-27-14-16-6-1-2-9-17(16)21(25)23-18/h1-2,6,9,18H,3-5,7-8,10-14H2,(H2,22,24)(H,23,25)/t18-/m0/s1. The van der Waals surface area contributed by atoms with Crippen LogP contribution in [0.5, 0.6) is 0 Å². The first kappa shape index (κ1) is 19.6. The molecule has 0 spiro atoms. The lowest BCUT2D eigenvalue weighted by Crippen LogP contribution is -2.41. The van der Waals surface area contributed by atoms with Gasteiger partial charge in [0, 0.05) is 17.7 Å². The zero-order valence-corrected chi connectivity index (χ0v) is 15.7. The van der Waals surface area contributed by atoms with Crippen LogP contribution in [0, 0.1) is 0 Å². The molecule has 1 aromatic rings. The molecule has 2 aliphatic rings. The van der Waals surface area contributed by atoms with Crippen LogP contribution in [0.4, 0.5) is 0 Å². The predicted octanol–water partition coefficient (Wildman–Crippen LogP) is 2.47. The highest BCUT2D eigenvalue weighted by Gasteiger charge is 2.27. The van der Waals surface area contributed by atoms with E-state index in [9.17, 15) is 9.59 Å². The van der Waals surface area contributed by atoms with Crippen LogP contribution in [0.25, 0.3) is 0 Å². The van der Waals surface area contributed by atoms with Crippen LogP contribution >= 0.6 is 0 Å². The molecule has 0 aromatic heterocycles. The lowest BCUT2D eigenvalue weighted by molar-refractivity contribution is -0.115. The number of primary amides is 1. The highest BCUT2D eigenvalue weighted by molar-refractivity contribution is 5.99. The van der Waals surface area contributed by atoms with Crippen molar-refractivity contribution in [3.63, 3.8) is 0 Å². The Kier molecular flexibility index (Phi) is 7.01. The average Bonchev–Trinajstić information content (AvgIpc) is 2.61. The van der Waals surface area contributed by atoms with Gasteiger partial charge >= 0.3 is 0 Å². The minimum atomic E-state index is -0.427. The monoisotopic (exact) mass is 372 g/mol. The molecule has 6 heteroatoms. The maximum absolute atomic E-state index is 13.0. The van der Waals surface area contributed by atoms with Crippen LogP contribution in [-0.4, -0.2) is 37.7 Å². The van der Waals surface area contributed by atoms with Crippen LogP contribution in [0.2, 0.25) is 0 Å². The van der Waals surface area contributed by atoms with E-state index in [0.717, 1.165) is 43.2 Å². The first-order chi connectivity index (χ1) is 13.2. The van der Waals surface area contributed by atoms with Gasteiger partial charge in [-0.05, 0) is 50.2 Å². The lowest BCUT2D eigenvalue weighted by Gasteiger charge is -2.27. The molecule has 1 fully saturated rings. The van der Waals surface area contributed by atoms with Crippen molar-refractivity contribution in [3.05, 3.63) is 46.5 Å². The highest BCUT2D eigenvalue weighted by Crippen LogP contribution is 2.31. The Hall–Kier alpha value is -2.18. The molecule has 146 valence electrons. The third-order valence-corrected chi connectivity index (χ3v) is 5.18. The first-order valence-corrected chi connectivity index (χ1v) is 9.73. The van der Waals surface area contributed by atoms with Gasteiger partial charge in [-0.25, -0.2) is 0 Å². The second-order valence-corrected chi connectivity index (χ2v) is 7.08. The van der Waals surface area contributed by atoms with Gasteiger partial charge in [0.05, 0.1) is 25.9 Å². The van der Waals surface area contributed by atoms with Crippen LogP contribution in [0.3, 0.4) is 0 Å². The van der Waals surface area contributed by atoms with E-state index in [4.69, 9.17) is 15.2 Å². The molecule has 6 nitrogen and oxygen atoms in total. The van der Waals surface area contributed by atoms with Gasteiger partial charge in [0.15, 0.2) is 0 Å². The van der Waals surface area contributed by atoms with Gasteiger partial charge < -0.3 is 20.5 Å². The van der Waals surface area contributed by atoms with Gasteiger partial charge in [0.25, 0.3) is 5.91 Å². The maximum Gasteiger partial charge on any atom is 0.252 e. The van der Waals surface area contributed by atoms with Crippen molar-refractivity contribution in [3.8, 4) is 0 Å². The SMILES string of the molecule is NC(=O)C(=C1CCC1)[C@@H]1CCCCOCCOCc2ccccc2C(=O)N1. The van der Waals surface area contributed by atoms with Crippen molar-refractivity contribution in [1.82, 2.24) is 5.32 Å². The van der Waals surface area contributed by atoms with Crippen molar-refractivity contribution in [1.29, 1.82) is 0 Å². The number of fused-ring (bicyclic) bond motifs is 1. The molecular weight excluding hydrogens is 344 g/mol. The van der Waals surface area contributed by atoms with Gasteiger partial charge in [-0.2, -0.15) is 0 Å². The zero-order chi connectivity index (χ0) is 19.1. The van der Waals surface area contributed by atoms with Crippen molar-refractivity contribution in [2.24, 2.45) is 5.73 Å². The molecule has 0 saturated heterocycles. The molecule has 0 radical (unpaired) electrons. The van der Waals surface area contributed by atoms with E-state index in [2.05, 4.69) is 5.32 Å². The van der Waals surface area contributed by atoms with E-state index in [0.29, 0.717) is 44.0 Å². The van der Waals surface area contributed by atoms with Crippen LogP contribution in [0.15, 0.2) is 35.4 Å². The summed E-state index contributed by atoms with van der Waals surface area (Å²) in [7, 11) is 0. The number of carbonyl (C=O) groups excluding carboxylic acids is 2. The Morgan fingerprint density at radius 3 is 2.56 bits per heavy atom. The average molecular weight is 372 g/mol. The minimum Gasteiger partial charge on any atom is -0.379 e. The molecule has 1 aliphatic heterocycles. The Balaban J connectivity index is 1.86. The summed E-state index contributed by atoms with van der Waals surface area (Å²) in [5.41, 5.74) is 8.76. The highest BCUT2D eigenvalue weighted by atomic mass is 16.5. The number of carbonyl (C=O) groups is 2. The fraction of sp³-hybridized carbons (Fsp3) is 0.524. The summed E-state index contributed by atoms with van der Waals surface area (Å²) < 4.78 is 11.2. The number of amides is 2. The Morgan fingerprint density at radius 1 is 1.04 bits per heavy atom. The summed E-state index contributed by atoms with van der Waals surface area (Å²) in [5.74, 6) is -0.616. The smallest absolute Gasteiger partial charge is 0.252 e. The van der Waals surface area contributed by atoms with E-state index in [1.165, 1.54) is 0 Å². The van der Waals surface area contributed by atoms with Crippen molar-refractivity contribution in [2.75, 3.05) is 19.8 Å².